The van der Waals surface area contributed by atoms with Crippen molar-refractivity contribution in [3.8, 4) is 0 Å². The molecule has 1 amide bonds. The van der Waals surface area contributed by atoms with Gasteiger partial charge in [0.05, 0.1) is 5.56 Å². The minimum atomic E-state index is -0.111. The quantitative estimate of drug-likeness (QED) is 0.867. The molecule has 1 aromatic carbocycles. The number of aromatic nitrogens is 1. The van der Waals surface area contributed by atoms with Crippen LogP contribution in [0, 0.1) is 6.92 Å². The Balaban J connectivity index is 1.83. The minimum absolute atomic E-state index is 0.111. The van der Waals surface area contributed by atoms with Crippen molar-refractivity contribution in [3.63, 3.8) is 0 Å². The van der Waals surface area contributed by atoms with E-state index < -0.39 is 0 Å². The number of piperidine rings is 1. The Morgan fingerprint density at radius 1 is 1.22 bits per heavy atom. The highest BCUT2D eigenvalue weighted by Crippen LogP contribution is 2.24. The molecule has 0 radical (unpaired) electrons. The Morgan fingerprint density at radius 3 is 2.74 bits per heavy atom. The zero-order valence-corrected chi connectivity index (χ0v) is 14.8. The number of pyridine rings is 1. The zero-order valence-electron chi connectivity index (χ0n) is 13.2. The van der Waals surface area contributed by atoms with Crippen LogP contribution in [0.2, 0.25) is 0 Å². The van der Waals surface area contributed by atoms with Crippen LogP contribution < -0.4 is 10.2 Å². The molecule has 0 bridgehead atoms. The molecule has 0 unspecified atom stereocenters. The predicted molar refractivity (Wildman–Crippen MR) is 97.1 cm³/mol. The van der Waals surface area contributed by atoms with E-state index in [4.69, 9.17) is 0 Å². The largest absolute Gasteiger partial charge is 0.356 e. The van der Waals surface area contributed by atoms with Gasteiger partial charge in [-0.25, -0.2) is 4.98 Å². The minimum Gasteiger partial charge on any atom is -0.356 e. The van der Waals surface area contributed by atoms with Crippen LogP contribution >= 0.6 is 15.9 Å². The molecule has 1 N–H and O–H groups in total. The molecule has 3 rings (SSSR count). The van der Waals surface area contributed by atoms with Gasteiger partial charge in [0.25, 0.3) is 5.91 Å². The zero-order chi connectivity index (χ0) is 16.2. The molecule has 0 saturated carbocycles. The lowest BCUT2D eigenvalue weighted by molar-refractivity contribution is 0.102. The lowest BCUT2D eigenvalue weighted by atomic mass is 10.1. The molecule has 0 atom stereocenters. The van der Waals surface area contributed by atoms with Crippen LogP contribution in [0.5, 0.6) is 0 Å². The van der Waals surface area contributed by atoms with Gasteiger partial charge in [0.1, 0.15) is 5.82 Å². The molecule has 2 aromatic rings. The average molecular weight is 374 g/mol. The molecule has 1 fully saturated rings. The maximum atomic E-state index is 12.7. The fourth-order valence-corrected chi connectivity index (χ4v) is 3.10. The summed E-state index contributed by atoms with van der Waals surface area (Å²) in [7, 11) is 0. The highest BCUT2D eigenvalue weighted by Gasteiger charge is 2.19. The summed E-state index contributed by atoms with van der Waals surface area (Å²) in [5.74, 6) is 0.680. The fraction of sp³-hybridized carbons (Fsp3) is 0.333. The summed E-state index contributed by atoms with van der Waals surface area (Å²) in [5, 5.41) is 2.98. The van der Waals surface area contributed by atoms with E-state index in [-0.39, 0.29) is 5.91 Å². The summed E-state index contributed by atoms with van der Waals surface area (Å²) in [4.78, 5) is 19.4. The normalized spacial score (nSPS) is 14.6. The first kappa shape index (κ1) is 16.0. The third-order valence-electron chi connectivity index (χ3n) is 4.10. The maximum absolute atomic E-state index is 12.7. The van der Waals surface area contributed by atoms with Crippen molar-refractivity contribution in [3.05, 3.63) is 52.1 Å². The molecular weight excluding hydrogens is 354 g/mol. The van der Waals surface area contributed by atoms with E-state index in [0.717, 1.165) is 47.5 Å². The van der Waals surface area contributed by atoms with Crippen molar-refractivity contribution in [2.24, 2.45) is 0 Å². The van der Waals surface area contributed by atoms with E-state index in [9.17, 15) is 4.79 Å². The molecule has 120 valence electrons. The van der Waals surface area contributed by atoms with Crippen molar-refractivity contribution in [2.75, 3.05) is 23.3 Å². The number of nitrogens with zero attached hydrogens (tertiary/aromatic N) is 2. The van der Waals surface area contributed by atoms with Crippen LogP contribution in [0.1, 0.15) is 35.2 Å². The Morgan fingerprint density at radius 2 is 2.00 bits per heavy atom. The van der Waals surface area contributed by atoms with Gasteiger partial charge in [0, 0.05) is 29.4 Å². The molecule has 1 aliphatic heterocycles. The number of anilines is 2. The molecule has 0 aliphatic carbocycles. The molecule has 1 saturated heterocycles. The van der Waals surface area contributed by atoms with Gasteiger partial charge in [-0.3, -0.25) is 4.79 Å². The van der Waals surface area contributed by atoms with Gasteiger partial charge in [0.2, 0.25) is 0 Å². The third kappa shape index (κ3) is 3.72. The summed E-state index contributed by atoms with van der Waals surface area (Å²) in [6.07, 6.45) is 5.32. The van der Waals surface area contributed by atoms with Crippen molar-refractivity contribution < 1.29 is 4.79 Å². The van der Waals surface area contributed by atoms with Crippen molar-refractivity contribution in [1.29, 1.82) is 0 Å². The van der Waals surface area contributed by atoms with E-state index in [2.05, 4.69) is 31.1 Å². The Bertz CT molecular complexity index is 711. The van der Waals surface area contributed by atoms with Crippen LogP contribution in [0.25, 0.3) is 0 Å². The highest BCUT2D eigenvalue weighted by molar-refractivity contribution is 9.10. The van der Waals surface area contributed by atoms with E-state index >= 15 is 0 Å². The average Bonchev–Trinajstić information content (AvgIpc) is 2.59. The molecule has 1 aliphatic rings. The first-order valence-corrected chi connectivity index (χ1v) is 8.72. The van der Waals surface area contributed by atoms with Gasteiger partial charge < -0.3 is 10.2 Å². The number of carbonyl (C=O) groups is 1. The van der Waals surface area contributed by atoms with E-state index in [1.54, 1.807) is 6.20 Å². The standard InChI is InChI=1S/C18H20BrN3O/c1-13-12-14(7-8-16(13)19)21-18(23)15-6-5-9-20-17(15)22-10-3-2-4-11-22/h5-9,12H,2-4,10-11H2,1H3,(H,21,23). The van der Waals surface area contributed by atoms with Gasteiger partial charge in [-0.1, -0.05) is 15.9 Å². The van der Waals surface area contributed by atoms with Crippen LogP contribution in [-0.2, 0) is 0 Å². The summed E-state index contributed by atoms with van der Waals surface area (Å²) >= 11 is 3.47. The summed E-state index contributed by atoms with van der Waals surface area (Å²) in [6, 6.07) is 9.46. The van der Waals surface area contributed by atoms with Crippen LogP contribution in [0.3, 0.4) is 0 Å². The fourth-order valence-electron chi connectivity index (χ4n) is 2.85. The first-order valence-electron chi connectivity index (χ1n) is 7.92. The number of halogens is 1. The second-order valence-corrected chi connectivity index (χ2v) is 6.69. The van der Waals surface area contributed by atoms with Gasteiger partial charge >= 0.3 is 0 Å². The monoisotopic (exact) mass is 373 g/mol. The van der Waals surface area contributed by atoms with Crippen molar-refractivity contribution in [2.45, 2.75) is 26.2 Å². The number of nitrogens with one attached hydrogen (secondary N) is 1. The third-order valence-corrected chi connectivity index (χ3v) is 4.99. The lowest BCUT2D eigenvalue weighted by Crippen LogP contribution is -2.32. The van der Waals surface area contributed by atoms with Crippen molar-refractivity contribution >= 4 is 33.3 Å². The topological polar surface area (TPSA) is 45.2 Å². The SMILES string of the molecule is Cc1cc(NC(=O)c2cccnc2N2CCCCC2)ccc1Br. The number of amides is 1. The van der Waals surface area contributed by atoms with Crippen molar-refractivity contribution in [1.82, 2.24) is 4.98 Å². The van der Waals surface area contributed by atoms with Crippen LogP contribution in [0.15, 0.2) is 41.0 Å². The lowest BCUT2D eigenvalue weighted by Gasteiger charge is -2.29. The second kappa shape index (κ2) is 7.13. The van der Waals surface area contributed by atoms with Gasteiger partial charge in [-0.05, 0) is 62.1 Å². The van der Waals surface area contributed by atoms with E-state index in [0.29, 0.717) is 5.56 Å². The molecular formula is C18H20BrN3O. The highest BCUT2D eigenvalue weighted by atomic mass is 79.9. The summed E-state index contributed by atoms with van der Waals surface area (Å²) in [5.41, 5.74) is 2.52. The number of hydrogen-bond donors (Lipinski definition) is 1. The van der Waals surface area contributed by atoms with Crippen LogP contribution in [-0.4, -0.2) is 24.0 Å². The molecule has 5 heteroatoms. The first-order chi connectivity index (χ1) is 11.1. The molecule has 1 aromatic heterocycles. The number of aryl methyl sites for hydroxylation is 1. The summed E-state index contributed by atoms with van der Waals surface area (Å²) in [6.45, 7) is 3.94. The Labute approximate surface area is 145 Å². The Hall–Kier alpha value is -1.88. The molecule has 4 nitrogen and oxygen atoms in total. The van der Waals surface area contributed by atoms with E-state index in [1.807, 2.05) is 37.3 Å². The van der Waals surface area contributed by atoms with Crippen LogP contribution in [0.4, 0.5) is 11.5 Å². The number of benzene rings is 1. The number of rotatable bonds is 3. The molecule has 23 heavy (non-hydrogen) atoms. The summed E-state index contributed by atoms with van der Waals surface area (Å²) < 4.78 is 1.03. The predicted octanol–water partition coefficient (Wildman–Crippen LogP) is 4.40. The number of carbonyl (C=O) groups excluding carboxylic acids is 1. The Kier molecular flexibility index (Phi) is 4.96. The second-order valence-electron chi connectivity index (χ2n) is 5.84. The maximum Gasteiger partial charge on any atom is 0.259 e. The molecule has 0 spiro atoms. The van der Waals surface area contributed by atoms with Gasteiger partial charge in [-0.2, -0.15) is 0 Å². The van der Waals surface area contributed by atoms with Gasteiger partial charge in [-0.15, -0.1) is 0 Å². The number of hydrogen-bond acceptors (Lipinski definition) is 3. The van der Waals surface area contributed by atoms with Gasteiger partial charge in [0.15, 0.2) is 0 Å². The van der Waals surface area contributed by atoms with E-state index in [1.165, 1.54) is 6.42 Å². The smallest absolute Gasteiger partial charge is 0.259 e. The molecule has 2 heterocycles.